The van der Waals surface area contributed by atoms with Crippen molar-refractivity contribution in [2.75, 3.05) is 38.0 Å². The standard InChI is InChI=1S/C35H45N5O4S.ClH/c1-23(2)16-28-22-44-31-18-30(32-24(3)8-6-9-25(32)4)36-34(37-31)38-45(42,43)29-11-7-10-27(17-29)33(41)40(28)21-26-19-35(20-26)12-14-39(5)15-13-35;/h6-11,17-18,23,26,28H,12-16,19-22H2,1-5H3,(H,36,37,38);1H/t28-;/m1./s1. The first-order chi connectivity index (χ1) is 21.4. The molecule has 6 rings (SSSR count). The van der Waals surface area contributed by atoms with Gasteiger partial charge in [-0.1, -0.05) is 38.1 Å². The number of halogens is 1. The number of rotatable bonds is 5. The highest BCUT2D eigenvalue weighted by molar-refractivity contribution is 7.92. The molecule has 248 valence electrons. The summed E-state index contributed by atoms with van der Waals surface area (Å²) in [6, 6.07) is 13.8. The van der Waals surface area contributed by atoms with Crippen LogP contribution in [0.2, 0.25) is 0 Å². The van der Waals surface area contributed by atoms with E-state index in [2.05, 4.69) is 40.5 Å². The first-order valence-electron chi connectivity index (χ1n) is 16.1. The number of ether oxygens (including phenoxy) is 1. The molecule has 0 unspecified atom stereocenters. The molecule has 2 fully saturated rings. The number of carbonyl (C=O) groups excluding carboxylic acids is 1. The maximum atomic E-state index is 14.3. The first kappa shape index (κ1) is 34.1. The lowest BCUT2D eigenvalue weighted by Crippen LogP contribution is -2.52. The molecule has 1 spiro atoms. The Morgan fingerprint density at radius 2 is 1.70 bits per heavy atom. The van der Waals surface area contributed by atoms with Crippen molar-refractivity contribution in [3.05, 3.63) is 65.2 Å². The van der Waals surface area contributed by atoms with E-state index in [1.54, 1.807) is 18.2 Å². The smallest absolute Gasteiger partial charge is 0.264 e. The second-order valence-electron chi connectivity index (χ2n) is 13.9. The second kappa shape index (κ2) is 13.5. The van der Waals surface area contributed by atoms with Gasteiger partial charge in [0.05, 0.1) is 16.6 Å². The van der Waals surface area contributed by atoms with Gasteiger partial charge >= 0.3 is 0 Å². The number of aromatic nitrogens is 2. The normalized spacial score (nSPS) is 21.2. The Morgan fingerprint density at radius 1 is 1.02 bits per heavy atom. The molecule has 2 aromatic carbocycles. The van der Waals surface area contributed by atoms with Crippen LogP contribution in [0.4, 0.5) is 5.95 Å². The van der Waals surface area contributed by atoms with Gasteiger partial charge in [-0.15, -0.1) is 12.4 Å². The van der Waals surface area contributed by atoms with Crippen molar-refractivity contribution in [1.29, 1.82) is 0 Å². The fourth-order valence-electron chi connectivity index (χ4n) is 7.51. The number of nitrogens with one attached hydrogen (secondary N) is 1. The molecule has 46 heavy (non-hydrogen) atoms. The predicted molar refractivity (Wildman–Crippen MR) is 183 cm³/mol. The van der Waals surface area contributed by atoms with Crippen molar-refractivity contribution in [2.24, 2.45) is 17.3 Å². The topological polar surface area (TPSA) is 105 Å². The minimum Gasteiger partial charge on any atom is -0.475 e. The van der Waals surface area contributed by atoms with Gasteiger partial charge in [0.2, 0.25) is 11.8 Å². The maximum Gasteiger partial charge on any atom is 0.264 e. The van der Waals surface area contributed by atoms with E-state index in [-0.39, 0.29) is 47.7 Å². The van der Waals surface area contributed by atoms with E-state index in [4.69, 9.17) is 4.74 Å². The summed E-state index contributed by atoms with van der Waals surface area (Å²) in [5, 5.41) is 0. The number of nitrogens with zero attached hydrogens (tertiary/aromatic N) is 4. The summed E-state index contributed by atoms with van der Waals surface area (Å²) in [6.07, 6.45) is 5.39. The van der Waals surface area contributed by atoms with Crippen molar-refractivity contribution >= 4 is 34.3 Å². The molecule has 0 radical (unpaired) electrons. The van der Waals surface area contributed by atoms with E-state index in [0.717, 1.165) is 49.0 Å². The lowest BCUT2D eigenvalue weighted by atomic mass is 9.57. The van der Waals surface area contributed by atoms with Crippen LogP contribution in [-0.4, -0.2) is 73.4 Å². The number of piperidine rings is 1. The van der Waals surface area contributed by atoms with Gasteiger partial charge in [-0.3, -0.25) is 4.79 Å². The minimum atomic E-state index is -4.10. The number of aryl methyl sites for hydroxylation is 2. The van der Waals surface area contributed by atoms with Gasteiger partial charge in [-0.25, -0.2) is 18.1 Å². The van der Waals surface area contributed by atoms with Crippen LogP contribution in [-0.2, 0) is 10.0 Å². The molecular formula is C35H46ClN5O4S. The number of likely N-dealkylation sites (tertiary alicyclic amines) is 1. The summed E-state index contributed by atoms with van der Waals surface area (Å²) in [5.41, 5.74) is 4.23. The van der Waals surface area contributed by atoms with E-state index in [0.29, 0.717) is 35.1 Å². The number of benzene rings is 2. The molecule has 1 N–H and O–H groups in total. The molecule has 1 atom stereocenters. The average Bonchev–Trinajstić information content (AvgIpc) is 2.97. The highest BCUT2D eigenvalue weighted by Crippen LogP contribution is 2.52. The van der Waals surface area contributed by atoms with Crippen LogP contribution in [0, 0.1) is 31.1 Å². The van der Waals surface area contributed by atoms with Crippen molar-refractivity contribution in [3.63, 3.8) is 0 Å². The summed E-state index contributed by atoms with van der Waals surface area (Å²) >= 11 is 0. The molecular weight excluding hydrogens is 622 g/mol. The number of anilines is 1. The molecule has 1 aliphatic carbocycles. The van der Waals surface area contributed by atoms with Gasteiger partial charge in [-0.05, 0) is 113 Å². The van der Waals surface area contributed by atoms with Crippen LogP contribution < -0.4 is 9.46 Å². The number of carbonyl (C=O) groups is 1. The Labute approximate surface area is 279 Å². The van der Waals surface area contributed by atoms with E-state index in [9.17, 15) is 13.2 Å². The number of amides is 1. The molecule has 2 aliphatic heterocycles. The maximum absolute atomic E-state index is 14.3. The van der Waals surface area contributed by atoms with Crippen LogP contribution in [0.1, 0.15) is 67.4 Å². The Morgan fingerprint density at radius 3 is 2.37 bits per heavy atom. The summed E-state index contributed by atoms with van der Waals surface area (Å²) < 4.78 is 36.2. The van der Waals surface area contributed by atoms with Crippen LogP contribution >= 0.6 is 12.4 Å². The molecule has 9 nitrogen and oxygen atoms in total. The zero-order valence-corrected chi connectivity index (χ0v) is 29.1. The first-order valence-corrected chi connectivity index (χ1v) is 17.6. The van der Waals surface area contributed by atoms with Crippen LogP contribution in [0.25, 0.3) is 11.3 Å². The van der Waals surface area contributed by atoms with Gasteiger partial charge < -0.3 is 14.5 Å². The average molecular weight is 668 g/mol. The molecule has 1 aromatic heterocycles. The monoisotopic (exact) mass is 667 g/mol. The van der Waals surface area contributed by atoms with Gasteiger partial charge in [0.15, 0.2) is 0 Å². The molecule has 11 heteroatoms. The molecule has 1 amide bonds. The number of hydrogen-bond acceptors (Lipinski definition) is 7. The second-order valence-corrected chi connectivity index (χ2v) is 15.6. The third kappa shape index (κ3) is 7.19. The van der Waals surface area contributed by atoms with Gasteiger partial charge in [-0.2, -0.15) is 4.98 Å². The molecule has 1 saturated carbocycles. The number of sulfonamides is 1. The molecule has 3 aliphatic rings. The van der Waals surface area contributed by atoms with Crippen molar-refractivity contribution in [1.82, 2.24) is 19.8 Å². The highest BCUT2D eigenvalue weighted by atomic mass is 35.5. The quantitative estimate of drug-likeness (QED) is 0.338. The zero-order chi connectivity index (χ0) is 31.9. The van der Waals surface area contributed by atoms with Crippen LogP contribution in [0.5, 0.6) is 5.88 Å². The van der Waals surface area contributed by atoms with E-state index in [1.165, 1.54) is 25.0 Å². The predicted octanol–water partition coefficient (Wildman–Crippen LogP) is 6.35. The zero-order valence-electron chi connectivity index (χ0n) is 27.5. The lowest BCUT2D eigenvalue weighted by molar-refractivity contribution is -0.0264. The Bertz CT molecular complexity index is 1660. The fraction of sp³-hybridized carbons (Fsp3) is 0.514. The Kier molecular flexibility index (Phi) is 10.0. The Hall–Kier alpha value is -3.21. The van der Waals surface area contributed by atoms with Gasteiger partial charge in [0.25, 0.3) is 15.9 Å². The van der Waals surface area contributed by atoms with Gasteiger partial charge in [0.1, 0.15) is 6.61 Å². The largest absolute Gasteiger partial charge is 0.475 e. The van der Waals surface area contributed by atoms with Crippen LogP contribution in [0.3, 0.4) is 0 Å². The van der Waals surface area contributed by atoms with Crippen molar-refractivity contribution in [3.8, 4) is 17.1 Å². The third-order valence-electron chi connectivity index (χ3n) is 9.87. The summed E-state index contributed by atoms with van der Waals surface area (Å²) in [4.78, 5) is 27.8. The van der Waals surface area contributed by atoms with Gasteiger partial charge in [0, 0.05) is 23.7 Å². The third-order valence-corrected chi connectivity index (χ3v) is 11.2. The molecule has 1 saturated heterocycles. The summed E-state index contributed by atoms with van der Waals surface area (Å²) in [6.45, 7) is 11.4. The summed E-state index contributed by atoms with van der Waals surface area (Å²) in [7, 11) is -1.91. The van der Waals surface area contributed by atoms with Crippen molar-refractivity contribution < 1.29 is 17.9 Å². The number of hydrogen-bond donors (Lipinski definition) is 1. The fourth-order valence-corrected chi connectivity index (χ4v) is 8.50. The highest BCUT2D eigenvalue weighted by Gasteiger charge is 2.46. The lowest BCUT2D eigenvalue weighted by Gasteiger charge is -2.53. The van der Waals surface area contributed by atoms with E-state index < -0.39 is 10.0 Å². The SMILES string of the molecule is Cc1cccc(C)c1-c1cc2nc(n1)NS(=O)(=O)c1cccc(c1)C(=O)N(CC1CC3(CCN(C)CC3)C1)[C@H](CC(C)C)CO2.Cl. The van der Waals surface area contributed by atoms with Crippen LogP contribution in [0.15, 0.2) is 53.4 Å². The Balaban J connectivity index is 0.00000417. The summed E-state index contributed by atoms with van der Waals surface area (Å²) in [5.74, 6) is 0.736. The molecule has 3 heterocycles. The number of fused-ring (bicyclic) bond motifs is 4. The molecule has 4 bridgehead atoms. The van der Waals surface area contributed by atoms with Crippen molar-refractivity contribution in [2.45, 2.75) is 70.7 Å². The molecule has 3 aromatic rings. The minimum absolute atomic E-state index is 0. The van der Waals surface area contributed by atoms with E-state index >= 15 is 0 Å². The van der Waals surface area contributed by atoms with E-state index in [1.807, 2.05) is 36.9 Å².